The first kappa shape index (κ1) is 21.0. The Kier molecular flexibility index (Phi) is 6.56. The quantitative estimate of drug-likeness (QED) is 0.334. The van der Waals surface area contributed by atoms with Crippen molar-refractivity contribution in [3.05, 3.63) is 70.6 Å². The van der Waals surface area contributed by atoms with Crippen LogP contribution in [0.15, 0.2) is 69.7 Å². The Morgan fingerprint density at radius 2 is 1.74 bits per heavy atom. The van der Waals surface area contributed by atoms with Gasteiger partial charge in [-0.25, -0.2) is 4.79 Å². The lowest BCUT2D eigenvalue weighted by Gasteiger charge is -2.10. The third-order valence-electron chi connectivity index (χ3n) is 4.51. The molecule has 0 aliphatic carbocycles. The molecule has 2 aliphatic heterocycles. The molecule has 0 unspecified atom stereocenters. The molecular formula is C22H19N3O5S. The van der Waals surface area contributed by atoms with Crippen molar-refractivity contribution in [2.45, 2.75) is 6.29 Å². The average Bonchev–Trinajstić information content (AvgIpc) is 3.45. The number of hydrogen-bond donors (Lipinski definition) is 1. The van der Waals surface area contributed by atoms with Gasteiger partial charge in [0.1, 0.15) is 0 Å². The minimum Gasteiger partial charge on any atom is -0.466 e. The molecule has 31 heavy (non-hydrogen) atoms. The fourth-order valence-electron chi connectivity index (χ4n) is 2.93. The van der Waals surface area contributed by atoms with Crippen molar-refractivity contribution in [2.24, 2.45) is 10.2 Å². The van der Waals surface area contributed by atoms with Crippen molar-refractivity contribution in [1.29, 1.82) is 0 Å². The van der Waals surface area contributed by atoms with Crippen molar-refractivity contribution in [1.82, 2.24) is 5.32 Å². The molecule has 1 N–H and O–H groups in total. The van der Waals surface area contributed by atoms with E-state index in [2.05, 4.69) is 20.3 Å². The Morgan fingerprint density at radius 3 is 2.39 bits per heavy atom. The predicted octanol–water partition coefficient (Wildman–Crippen LogP) is 3.01. The Morgan fingerprint density at radius 1 is 1.10 bits per heavy atom. The summed E-state index contributed by atoms with van der Waals surface area (Å²) < 4.78 is 15.5. The highest BCUT2D eigenvalue weighted by atomic mass is 32.2. The first-order valence-electron chi connectivity index (χ1n) is 9.46. The van der Waals surface area contributed by atoms with E-state index in [-0.39, 0.29) is 11.2 Å². The number of hydrogen-bond acceptors (Lipinski definition) is 8. The number of nitrogens with zero attached hydrogens (tertiary/aromatic N) is 2. The SMILES string of the molecule is COC(=O)/C=C1/S/C(=N\N=Cc2ccc(-c3ccc(C4OCCO4)cc3)cc2)NC1=O. The van der Waals surface area contributed by atoms with Gasteiger partial charge in [0.05, 0.1) is 31.4 Å². The second-order valence-corrected chi connectivity index (χ2v) is 7.59. The van der Waals surface area contributed by atoms with Gasteiger partial charge in [-0.1, -0.05) is 48.5 Å². The Bertz CT molecular complexity index is 1060. The average molecular weight is 437 g/mol. The van der Waals surface area contributed by atoms with Crippen LogP contribution in [-0.2, 0) is 23.8 Å². The van der Waals surface area contributed by atoms with Crippen LogP contribution in [0.3, 0.4) is 0 Å². The summed E-state index contributed by atoms with van der Waals surface area (Å²) in [5.41, 5.74) is 4.02. The number of ether oxygens (including phenoxy) is 3. The Balaban J connectivity index is 1.38. The van der Waals surface area contributed by atoms with Gasteiger partial charge in [-0.3, -0.25) is 10.1 Å². The van der Waals surface area contributed by atoms with Gasteiger partial charge in [0, 0.05) is 11.6 Å². The number of thioether (sulfide) groups is 1. The number of esters is 1. The Hall–Kier alpha value is -3.27. The summed E-state index contributed by atoms with van der Waals surface area (Å²) in [4.78, 5) is 23.2. The smallest absolute Gasteiger partial charge is 0.331 e. The zero-order chi connectivity index (χ0) is 21.6. The van der Waals surface area contributed by atoms with E-state index in [4.69, 9.17) is 9.47 Å². The number of amidine groups is 1. The maximum atomic E-state index is 11.8. The molecule has 0 spiro atoms. The van der Waals surface area contributed by atoms with Crippen molar-refractivity contribution < 1.29 is 23.8 Å². The zero-order valence-corrected chi connectivity index (χ0v) is 17.4. The summed E-state index contributed by atoms with van der Waals surface area (Å²) in [5, 5.41) is 10.8. The summed E-state index contributed by atoms with van der Waals surface area (Å²) in [6.45, 7) is 1.24. The summed E-state index contributed by atoms with van der Waals surface area (Å²) in [6.07, 6.45) is 2.43. The number of benzene rings is 2. The van der Waals surface area contributed by atoms with E-state index < -0.39 is 11.9 Å². The van der Waals surface area contributed by atoms with E-state index >= 15 is 0 Å². The molecule has 2 saturated heterocycles. The number of methoxy groups -OCH3 is 1. The fourth-order valence-corrected chi connectivity index (χ4v) is 3.67. The van der Waals surface area contributed by atoms with Gasteiger partial charge in [-0.05, 0) is 28.5 Å². The molecule has 158 valence electrons. The van der Waals surface area contributed by atoms with Crippen LogP contribution in [0.4, 0.5) is 0 Å². The largest absolute Gasteiger partial charge is 0.466 e. The van der Waals surface area contributed by atoms with E-state index in [0.29, 0.717) is 18.4 Å². The standard InChI is InChI=1S/C22H19N3O5S/c1-28-19(26)12-18-20(27)24-22(31-18)25-23-13-14-2-4-15(5-3-14)16-6-8-17(9-7-16)21-29-10-11-30-21/h2-9,12-13,21H,10-11H2,1H3,(H,24,25,27)/b18-12+,23-13?. The van der Waals surface area contributed by atoms with E-state index in [1.807, 2.05) is 48.5 Å². The molecule has 2 heterocycles. The van der Waals surface area contributed by atoms with Crippen LogP contribution in [0.5, 0.6) is 0 Å². The molecule has 2 fully saturated rings. The van der Waals surface area contributed by atoms with Crippen LogP contribution in [0.2, 0.25) is 0 Å². The van der Waals surface area contributed by atoms with E-state index in [0.717, 1.165) is 40.1 Å². The van der Waals surface area contributed by atoms with Gasteiger partial charge < -0.3 is 14.2 Å². The molecule has 0 bridgehead atoms. The van der Waals surface area contributed by atoms with Gasteiger partial charge in [0.25, 0.3) is 5.91 Å². The molecule has 0 radical (unpaired) electrons. The van der Waals surface area contributed by atoms with Gasteiger partial charge in [0.2, 0.25) is 0 Å². The minimum absolute atomic E-state index is 0.210. The summed E-state index contributed by atoms with van der Waals surface area (Å²) >= 11 is 1.03. The zero-order valence-electron chi connectivity index (χ0n) is 16.6. The number of nitrogens with one attached hydrogen (secondary N) is 1. The van der Waals surface area contributed by atoms with E-state index in [9.17, 15) is 9.59 Å². The van der Waals surface area contributed by atoms with E-state index in [1.54, 1.807) is 6.21 Å². The van der Waals surface area contributed by atoms with Crippen LogP contribution in [0.1, 0.15) is 17.4 Å². The third kappa shape index (κ3) is 5.26. The maximum Gasteiger partial charge on any atom is 0.331 e. The third-order valence-corrected chi connectivity index (χ3v) is 5.41. The molecule has 2 aromatic rings. The Labute approximate surface area is 183 Å². The second-order valence-electron chi connectivity index (χ2n) is 6.56. The van der Waals surface area contributed by atoms with Gasteiger partial charge >= 0.3 is 5.97 Å². The summed E-state index contributed by atoms with van der Waals surface area (Å²) in [5.74, 6) is -1.01. The number of carbonyl (C=O) groups is 2. The van der Waals surface area contributed by atoms with E-state index in [1.165, 1.54) is 7.11 Å². The molecule has 0 saturated carbocycles. The first-order chi connectivity index (χ1) is 15.1. The lowest BCUT2D eigenvalue weighted by atomic mass is 10.0. The van der Waals surface area contributed by atoms with Crippen LogP contribution in [-0.4, -0.2) is 43.6 Å². The minimum atomic E-state index is -0.600. The van der Waals surface area contributed by atoms with Crippen LogP contribution >= 0.6 is 11.8 Å². The predicted molar refractivity (Wildman–Crippen MR) is 117 cm³/mol. The number of amides is 1. The molecule has 2 aromatic carbocycles. The lowest BCUT2D eigenvalue weighted by molar-refractivity contribution is -0.135. The molecule has 2 aliphatic rings. The topological polar surface area (TPSA) is 98.6 Å². The van der Waals surface area contributed by atoms with Crippen molar-refractivity contribution >= 4 is 35.0 Å². The van der Waals surface area contributed by atoms with Gasteiger partial charge in [-0.15, -0.1) is 5.10 Å². The summed E-state index contributed by atoms with van der Waals surface area (Å²) in [6, 6.07) is 15.9. The van der Waals surface area contributed by atoms with Crippen LogP contribution in [0.25, 0.3) is 11.1 Å². The normalized spacial score (nSPS) is 19.5. The highest BCUT2D eigenvalue weighted by molar-refractivity contribution is 8.18. The second kappa shape index (κ2) is 9.69. The molecule has 9 heteroatoms. The van der Waals surface area contributed by atoms with Crippen molar-refractivity contribution in [2.75, 3.05) is 20.3 Å². The van der Waals surface area contributed by atoms with Gasteiger partial charge in [-0.2, -0.15) is 5.10 Å². The number of carbonyl (C=O) groups excluding carboxylic acids is 2. The highest BCUT2D eigenvalue weighted by Crippen LogP contribution is 2.27. The molecule has 0 aromatic heterocycles. The molecule has 1 amide bonds. The number of rotatable bonds is 5. The summed E-state index contributed by atoms with van der Waals surface area (Å²) in [7, 11) is 1.25. The van der Waals surface area contributed by atoms with Crippen LogP contribution in [0, 0.1) is 0 Å². The molecule has 0 atom stereocenters. The molecular weight excluding hydrogens is 418 g/mol. The fraction of sp³-hybridized carbons (Fsp3) is 0.182. The maximum absolute atomic E-state index is 11.8. The molecule has 4 rings (SSSR count). The van der Waals surface area contributed by atoms with Crippen LogP contribution < -0.4 is 5.32 Å². The van der Waals surface area contributed by atoms with Crippen molar-refractivity contribution in [3.63, 3.8) is 0 Å². The lowest BCUT2D eigenvalue weighted by Crippen LogP contribution is -2.19. The highest BCUT2D eigenvalue weighted by Gasteiger charge is 2.25. The first-order valence-corrected chi connectivity index (χ1v) is 10.3. The molecule has 8 nitrogen and oxygen atoms in total. The monoisotopic (exact) mass is 437 g/mol. The van der Waals surface area contributed by atoms with Gasteiger partial charge in [0.15, 0.2) is 11.5 Å². The van der Waals surface area contributed by atoms with Crippen molar-refractivity contribution in [3.8, 4) is 11.1 Å².